The number of hydrogen-bond acceptors (Lipinski definition) is 2. The van der Waals surface area contributed by atoms with Crippen molar-refractivity contribution in [2.24, 2.45) is 0 Å². The van der Waals surface area contributed by atoms with Crippen LogP contribution in [-0.2, 0) is 10.4 Å². The van der Waals surface area contributed by atoms with E-state index in [1.54, 1.807) is 0 Å². The molecule has 0 aromatic heterocycles. The average Bonchev–Trinajstić information content (AvgIpc) is 2.15. The van der Waals surface area contributed by atoms with Crippen molar-refractivity contribution in [3.05, 3.63) is 34.3 Å². The number of benzene rings is 1. The number of halogens is 2. The first-order valence-corrected chi connectivity index (χ1v) is 4.81. The number of alkyl halides is 1. The average molecular weight is 231 g/mol. The molecule has 1 aromatic rings. The molecular formula is C11H12ClFO2. The fourth-order valence-corrected chi connectivity index (χ4v) is 1.42. The largest absolute Gasteiger partial charge is 0.465 e. The smallest absolute Gasteiger partial charge is 0.339 e. The van der Waals surface area contributed by atoms with Crippen molar-refractivity contribution < 1.29 is 13.9 Å². The number of carbonyl (C=O) groups is 1. The topological polar surface area (TPSA) is 26.3 Å². The molecule has 0 amide bonds. The third-order valence-electron chi connectivity index (χ3n) is 2.06. The predicted octanol–water partition coefficient (Wildman–Crippen LogP) is 3.33. The minimum absolute atomic E-state index is 0.199. The summed E-state index contributed by atoms with van der Waals surface area (Å²) in [6.07, 6.45) is 0. The Morgan fingerprint density at radius 2 is 2.07 bits per heavy atom. The Balaban J connectivity index is 3.15. The highest BCUT2D eigenvalue weighted by atomic mass is 35.5. The van der Waals surface area contributed by atoms with E-state index in [2.05, 4.69) is 4.74 Å². The highest BCUT2D eigenvalue weighted by molar-refractivity contribution is 6.33. The first-order chi connectivity index (χ1) is 6.86. The van der Waals surface area contributed by atoms with E-state index in [4.69, 9.17) is 11.6 Å². The van der Waals surface area contributed by atoms with Crippen molar-refractivity contribution in [2.45, 2.75) is 19.5 Å². The van der Waals surface area contributed by atoms with Gasteiger partial charge in [0.05, 0.1) is 17.7 Å². The van der Waals surface area contributed by atoms with Crippen molar-refractivity contribution in [1.82, 2.24) is 0 Å². The van der Waals surface area contributed by atoms with Crippen LogP contribution < -0.4 is 0 Å². The Bertz CT molecular complexity index is 383. The van der Waals surface area contributed by atoms with Crippen molar-refractivity contribution in [2.75, 3.05) is 7.11 Å². The van der Waals surface area contributed by atoms with Crippen LogP contribution >= 0.6 is 11.6 Å². The SMILES string of the molecule is COC(=O)c1ccc(C(C)(C)F)cc1Cl. The van der Waals surface area contributed by atoms with Gasteiger partial charge >= 0.3 is 5.97 Å². The number of hydrogen-bond donors (Lipinski definition) is 0. The third-order valence-corrected chi connectivity index (χ3v) is 2.37. The number of rotatable bonds is 2. The normalized spacial score (nSPS) is 11.3. The minimum atomic E-state index is -1.47. The molecule has 0 spiro atoms. The maximum Gasteiger partial charge on any atom is 0.339 e. The Morgan fingerprint density at radius 1 is 1.47 bits per heavy atom. The van der Waals surface area contributed by atoms with Crippen molar-refractivity contribution in [3.8, 4) is 0 Å². The molecule has 0 atom stereocenters. The second kappa shape index (κ2) is 4.19. The summed E-state index contributed by atoms with van der Waals surface area (Å²) in [5.74, 6) is -0.525. The van der Waals surface area contributed by atoms with Crippen LogP contribution in [0.25, 0.3) is 0 Å². The van der Waals surface area contributed by atoms with E-state index >= 15 is 0 Å². The molecule has 0 saturated carbocycles. The summed E-state index contributed by atoms with van der Waals surface area (Å²) in [4.78, 5) is 11.2. The number of ether oxygens (including phenoxy) is 1. The second-order valence-corrected chi connectivity index (χ2v) is 4.07. The minimum Gasteiger partial charge on any atom is -0.465 e. The summed E-state index contributed by atoms with van der Waals surface area (Å²) in [5.41, 5.74) is -0.800. The van der Waals surface area contributed by atoms with Gasteiger partial charge in [-0.25, -0.2) is 9.18 Å². The standard InChI is InChI=1S/C11H12ClFO2/c1-11(2,13)7-4-5-8(9(12)6-7)10(14)15-3/h4-6H,1-3H3. The molecule has 15 heavy (non-hydrogen) atoms. The van der Waals surface area contributed by atoms with Gasteiger partial charge in [-0.3, -0.25) is 0 Å². The van der Waals surface area contributed by atoms with Gasteiger partial charge in [-0.2, -0.15) is 0 Å². The molecule has 0 saturated heterocycles. The second-order valence-electron chi connectivity index (χ2n) is 3.66. The number of esters is 1. The molecule has 0 aliphatic heterocycles. The van der Waals surface area contributed by atoms with Crippen LogP contribution in [0.4, 0.5) is 4.39 Å². The van der Waals surface area contributed by atoms with Crippen LogP contribution in [0.3, 0.4) is 0 Å². The Labute approximate surface area is 93.0 Å². The molecule has 0 fully saturated rings. The highest BCUT2D eigenvalue weighted by Crippen LogP contribution is 2.28. The molecule has 1 rings (SSSR count). The lowest BCUT2D eigenvalue weighted by molar-refractivity contribution is 0.0600. The van der Waals surface area contributed by atoms with Gasteiger partial charge in [-0.15, -0.1) is 0 Å². The van der Waals surface area contributed by atoms with E-state index in [0.717, 1.165) is 0 Å². The monoisotopic (exact) mass is 230 g/mol. The van der Waals surface area contributed by atoms with Crippen molar-refractivity contribution in [3.63, 3.8) is 0 Å². The van der Waals surface area contributed by atoms with Crippen LogP contribution in [0.1, 0.15) is 29.8 Å². The lowest BCUT2D eigenvalue weighted by atomic mass is 9.99. The highest BCUT2D eigenvalue weighted by Gasteiger charge is 2.21. The van der Waals surface area contributed by atoms with Crippen LogP contribution in [0, 0.1) is 0 Å². The van der Waals surface area contributed by atoms with Crippen molar-refractivity contribution >= 4 is 17.6 Å². The van der Waals surface area contributed by atoms with Crippen LogP contribution in [0.5, 0.6) is 0 Å². The Kier molecular flexibility index (Phi) is 3.35. The van der Waals surface area contributed by atoms with Gasteiger partial charge in [-0.1, -0.05) is 17.7 Å². The quantitative estimate of drug-likeness (QED) is 0.729. The van der Waals surface area contributed by atoms with E-state index < -0.39 is 11.6 Å². The van der Waals surface area contributed by atoms with Gasteiger partial charge in [0.1, 0.15) is 5.67 Å². The molecular weight excluding hydrogens is 219 g/mol. The molecule has 0 aliphatic rings. The van der Waals surface area contributed by atoms with Crippen LogP contribution in [-0.4, -0.2) is 13.1 Å². The lowest BCUT2D eigenvalue weighted by Crippen LogP contribution is -2.10. The van der Waals surface area contributed by atoms with E-state index in [1.807, 2.05) is 0 Å². The fourth-order valence-electron chi connectivity index (χ4n) is 1.16. The van der Waals surface area contributed by atoms with E-state index in [9.17, 15) is 9.18 Å². The van der Waals surface area contributed by atoms with Gasteiger partial charge in [0.2, 0.25) is 0 Å². The summed E-state index contributed by atoms with van der Waals surface area (Å²) >= 11 is 5.84. The molecule has 0 radical (unpaired) electrons. The summed E-state index contributed by atoms with van der Waals surface area (Å²) in [6.45, 7) is 2.85. The van der Waals surface area contributed by atoms with E-state index in [0.29, 0.717) is 5.56 Å². The molecule has 2 nitrogen and oxygen atoms in total. The van der Waals surface area contributed by atoms with Gasteiger partial charge < -0.3 is 4.74 Å². The zero-order chi connectivity index (χ0) is 11.6. The van der Waals surface area contributed by atoms with Crippen molar-refractivity contribution in [1.29, 1.82) is 0 Å². The first kappa shape index (κ1) is 12.0. The molecule has 0 unspecified atom stereocenters. The molecule has 0 heterocycles. The van der Waals surface area contributed by atoms with Gasteiger partial charge in [0.25, 0.3) is 0 Å². The van der Waals surface area contributed by atoms with Gasteiger partial charge in [0.15, 0.2) is 0 Å². The zero-order valence-corrected chi connectivity index (χ0v) is 9.56. The third kappa shape index (κ3) is 2.69. The Hall–Kier alpha value is -1.09. The Morgan fingerprint density at radius 3 is 2.47 bits per heavy atom. The first-order valence-electron chi connectivity index (χ1n) is 4.43. The molecule has 0 aliphatic carbocycles. The molecule has 4 heteroatoms. The summed E-state index contributed by atoms with van der Waals surface area (Å²) in [6, 6.07) is 4.43. The van der Waals surface area contributed by atoms with Gasteiger partial charge in [-0.05, 0) is 31.5 Å². The molecule has 0 N–H and O–H groups in total. The summed E-state index contributed by atoms with van der Waals surface area (Å²) in [5, 5.41) is 0.199. The van der Waals surface area contributed by atoms with Gasteiger partial charge in [0, 0.05) is 0 Å². The van der Waals surface area contributed by atoms with E-state index in [1.165, 1.54) is 39.2 Å². The molecule has 0 bridgehead atoms. The van der Waals surface area contributed by atoms with Crippen LogP contribution in [0.2, 0.25) is 5.02 Å². The maximum atomic E-state index is 13.5. The summed E-state index contributed by atoms with van der Waals surface area (Å²) in [7, 11) is 1.27. The zero-order valence-electron chi connectivity index (χ0n) is 8.80. The summed E-state index contributed by atoms with van der Waals surface area (Å²) < 4.78 is 18.1. The number of carbonyl (C=O) groups excluding carboxylic acids is 1. The predicted molar refractivity (Wildman–Crippen MR) is 56.9 cm³/mol. The number of methoxy groups -OCH3 is 1. The maximum absolute atomic E-state index is 13.5. The molecule has 1 aromatic carbocycles. The van der Waals surface area contributed by atoms with Crippen LogP contribution in [0.15, 0.2) is 18.2 Å². The van der Waals surface area contributed by atoms with E-state index in [-0.39, 0.29) is 10.6 Å². The molecule has 82 valence electrons. The fraction of sp³-hybridized carbons (Fsp3) is 0.364. The lowest BCUT2D eigenvalue weighted by Gasteiger charge is -2.15.